The van der Waals surface area contributed by atoms with Gasteiger partial charge >= 0.3 is 0 Å². The molecular formula is C12H20FNO. The van der Waals surface area contributed by atoms with Crippen LogP contribution in [0.5, 0.6) is 0 Å². The van der Waals surface area contributed by atoms with E-state index in [-0.39, 0.29) is 5.41 Å². The van der Waals surface area contributed by atoms with E-state index in [9.17, 15) is 9.18 Å². The van der Waals surface area contributed by atoms with Crippen molar-refractivity contribution >= 4 is 5.91 Å². The topological polar surface area (TPSA) is 20.3 Å². The van der Waals surface area contributed by atoms with E-state index >= 15 is 0 Å². The molecule has 1 atom stereocenters. The number of rotatable bonds is 1. The third-order valence-corrected chi connectivity index (χ3v) is 3.17. The molecule has 0 aromatic heterocycles. The van der Waals surface area contributed by atoms with Gasteiger partial charge in [0.2, 0.25) is 0 Å². The van der Waals surface area contributed by atoms with Gasteiger partial charge in [0.25, 0.3) is 5.91 Å². The van der Waals surface area contributed by atoms with Crippen LogP contribution in [0.2, 0.25) is 0 Å². The van der Waals surface area contributed by atoms with Crippen molar-refractivity contribution in [1.82, 2.24) is 4.90 Å². The quantitative estimate of drug-likeness (QED) is 0.613. The highest BCUT2D eigenvalue weighted by molar-refractivity contribution is 5.90. The summed E-state index contributed by atoms with van der Waals surface area (Å²) in [6.07, 6.45) is 2.08. The summed E-state index contributed by atoms with van der Waals surface area (Å²) in [5.41, 5.74) is 0.177. The zero-order chi connectivity index (χ0) is 11.6. The molecule has 86 valence electrons. The van der Waals surface area contributed by atoms with Gasteiger partial charge in [-0.25, -0.2) is 4.39 Å². The summed E-state index contributed by atoms with van der Waals surface area (Å²) in [7, 11) is 0. The molecule has 1 rings (SSSR count). The van der Waals surface area contributed by atoms with Gasteiger partial charge in [0.1, 0.15) is 0 Å². The molecule has 0 saturated carbocycles. The lowest BCUT2D eigenvalue weighted by atomic mass is 9.76. The van der Waals surface area contributed by atoms with Crippen LogP contribution in [0.1, 0.15) is 33.6 Å². The summed E-state index contributed by atoms with van der Waals surface area (Å²) in [5.74, 6) is -0.928. The Morgan fingerprint density at radius 2 is 2.07 bits per heavy atom. The summed E-state index contributed by atoms with van der Waals surface area (Å²) in [4.78, 5) is 13.0. The normalized spacial score (nSPS) is 22.7. The highest BCUT2D eigenvalue weighted by atomic mass is 19.1. The molecule has 1 saturated heterocycles. The van der Waals surface area contributed by atoms with E-state index in [1.165, 1.54) is 0 Å². The average molecular weight is 213 g/mol. The van der Waals surface area contributed by atoms with Crippen LogP contribution in [-0.2, 0) is 4.79 Å². The van der Waals surface area contributed by atoms with Crippen LogP contribution >= 0.6 is 0 Å². The number of halogens is 1. The van der Waals surface area contributed by atoms with E-state index in [0.717, 1.165) is 12.8 Å². The molecule has 0 spiro atoms. The first-order chi connectivity index (χ1) is 6.82. The number of amides is 1. The summed E-state index contributed by atoms with van der Waals surface area (Å²) in [6.45, 7) is 10.9. The highest BCUT2D eigenvalue weighted by Gasteiger charge is 2.31. The SMILES string of the molecule is C=C(F)C(=O)N1CCC[C@H](C(C)(C)C)C1. The molecule has 3 heteroatoms. The van der Waals surface area contributed by atoms with Crippen molar-refractivity contribution in [2.75, 3.05) is 13.1 Å². The van der Waals surface area contributed by atoms with Gasteiger partial charge in [-0.3, -0.25) is 4.79 Å². The van der Waals surface area contributed by atoms with Crippen LogP contribution in [-0.4, -0.2) is 23.9 Å². The molecule has 1 amide bonds. The summed E-state index contributed by atoms with van der Waals surface area (Å²) >= 11 is 0. The summed E-state index contributed by atoms with van der Waals surface area (Å²) in [6, 6.07) is 0. The van der Waals surface area contributed by atoms with Gasteiger partial charge in [-0.1, -0.05) is 27.4 Å². The van der Waals surface area contributed by atoms with Gasteiger partial charge < -0.3 is 4.90 Å². The second-order valence-electron chi connectivity index (χ2n) is 5.36. The fourth-order valence-corrected chi connectivity index (χ4v) is 2.04. The molecule has 0 aromatic rings. The monoisotopic (exact) mass is 213 g/mol. The van der Waals surface area contributed by atoms with Gasteiger partial charge in [0.15, 0.2) is 5.83 Å². The van der Waals surface area contributed by atoms with E-state index < -0.39 is 11.7 Å². The minimum atomic E-state index is -0.843. The summed E-state index contributed by atoms with van der Waals surface area (Å²) < 4.78 is 12.7. The van der Waals surface area contributed by atoms with Gasteiger partial charge in [-0.05, 0) is 24.2 Å². The van der Waals surface area contributed by atoms with Crippen molar-refractivity contribution in [2.24, 2.45) is 11.3 Å². The van der Waals surface area contributed by atoms with E-state index in [1.807, 2.05) is 0 Å². The Bertz CT molecular complexity index is 267. The standard InChI is InChI=1S/C12H20FNO/c1-9(13)11(15)14-7-5-6-10(8-14)12(2,3)4/h10H,1,5-8H2,2-4H3/t10-/m0/s1. The Labute approximate surface area is 91.1 Å². The molecule has 1 fully saturated rings. The fourth-order valence-electron chi connectivity index (χ4n) is 2.04. The molecule has 1 heterocycles. The maximum atomic E-state index is 12.7. The third kappa shape index (κ3) is 3.05. The minimum Gasteiger partial charge on any atom is -0.336 e. The molecule has 0 radical (unpaired) electrons. The lowest BCUT2D eigenvalue weighted by Crippen LogP contribution is -2.43. The van der Waals surface area contributed by atoms with Crippen molar-refractivity contribution in [3.05, 3.63) is 12.4 Å². The lowest BCUT2D eigenvalue weighted by molar-refractivity contribution is -0.131. The molecule has 0 bridgehead atoms. The lowest BCUT2D eigenvalue weighted by Gasteiger charge is -2.39. The van der Waals surface area contributed by atoms with Crippen molar-refractivity contribution in [1.29, 1.82) is 0 Å². The third-order valence-electron chi connectivity index (χ3n) is 3.17. The molecule has 15 heavy (non-hydrogen) atoms. The molecular weight excluding hydrogens is 193 g/mol. The second-order valence-corrected chi connectivity index (χ2v) is 5.36. The van der Waals surface area contributed by atoms with E-state index in [0.29, 0.717) is 19.0 Å². The van der Waals surface area contributed by atoms with Crippen LogP contribution in [0.25, 0.3) is 0 Å². The van der Waals surface area contributed by atoms with Crippen LogP contribution in [0.4, 0.5) is 4.39 Å². The van der Waals surface area contributed by atoms with Gasteiger partial charge in [-0.15, -0.1) is 0 Å². The predicted molar refractivity (Wildman–Crippen MR) is 59.0 cm³/mol. The van der Waals surface area contributed by atoms with E-state index in [4.69, 9.17) is 0 Å². The fraction of sp³-hybridized carbons (Fsp3) is 0.750. The predicted octanol–water partition coefficient (Wildman–Crippen LogP) is 2.75. The first-order valence-corrected chi connectivity index (χ1v) is 5.46. The summed E-state index contributed by atoms with van der Waals surface area (Å²) in [5, 5.41) is 0. The molecule has 2 nitrogen and oxygen atoms in total. The van der Waals surface area contributed by atoms with Crippen molar-refractivity contribution in [2.45, 2.75) is 33.6 Å². The maximum Gasteiger partial charge on any atom is 0.281 e. The number of carbonyl (C=O) groups is 1. The maximum absolute atomic E-state index is 12.7. The first-order valence-electron chi connectivity index (χ1n) is 5.46. The Morgan fingerprint density at radius 1 is 1.47 bits per heavy atom. The number of hydrogen-bond donors (Lipinski definition) is 0. The second kappa shape index (κ2) is 4.33. The number of nitrogens with zero attached hydrogens (tertiary/aromatic N) is 1. The van der Waals surface area contributed by atoms with Crippen LogP contribution in [0.3, 0.4) is 0 Å². The molecule has 0 aromatic carbocycles. The smallest absolute Gasteiger partial charge is 0.281 e. The zero-order valence-corrected chi connectivity index (χ0v) is 9.85. The number of piperidine rings is 1. The minimum absolute atomic E-state index is 0.177. The highest BCUT2D eigenvalue weighted by Crippen LogP contribution is 2.33. The van der Waals surface area contributed by atoms with Crippen molar-refractivity contribution < 1.29 is 9.18 Å². The Morgan fingerprint density at radius 3 is 2.53 bits per heavy atom. The van der Waals surface area contributed by atoms with Gasteiger partial charge in [-0.2, -0.15) is 0 Å². The van der Waals surface area contributed by atoms with Gasteiger partial charge in [0.05, 0.1) is 0 Å². The van der Waals surface area contributed by atoms with Gasteiger partial charge in [0, 0.05) is 13.1 Å². The number of likely N-dealkylation sites (tertiary alicyclic amines) is 1. The first kappa shape index (κ1) is 12.2. The number of carbonyl (C=O) groups excluding carboxylic acids is 1. The Kier molecular flexibility index (Phi) is 3.53. The average Bonchev–Trinajstić information content (AvgIpc) is 2.15. The largest absolute Gasteiger partial charge is 0.336 e. The van der Waals surface area contributed by atoms with Crippen molar-refractivity contribution in [3.63, 3.8) is 0 Å². The van der Waals surface area contributed by atoms with E-state index in [1.54, 1.807) is 4.90 Å². The molecule has 0 unspecified atom stereocenters. The Hall–Kier alpha value is -0.860. The van der Waals surface area contributed by atoms with E-state index in [2.05, 4.69) is 27.4 Å². The zero-order valence-electron chi connectivity index (χ0n) is 9.85. The molecule has 0 N–H and O–H groups in total. The molecule has 1 aliphatic rings. The molecule has 1 aliphatic heterocycles. The van der Waals surface area contributed by atoms with Crippen LogP contribution in [0.15, 0.2) is 12.4 Å². The van der Waals surface area contributed by atoms with Crippen LogP contribution in [0, 0.1) is 11.3 Å². The van der Waals surface area contributed by atoms with Crippen LogP contribution < -0.4 is 0 Å². The molecule has 0 aliphatic carbocycles. The Balaban J connectivity index is 2.64. The number of hydrogen-bond acceptors (Lipinski definition) is 1. The van der Waals surface area contributed by atoms with Crippen molar-refractivity contribution in [3.8, 4) is 0 Å².